The third-order valence-corrected chi connectivity index (χ3v) is 10.5. The van der Waals surface area contributed by atoms with Crippen molar-refractivity contribution in [2.45, 2.75) is 158 Å². The van der Waals surface area contributed by atoms with Gasteiger partial charge < -0.3 is 0 Å². The molecule has 0 saturated heterocycles. The molecule has 0 heterocycles. The second-order valence-corrected chi connectivity index (χ2v) is 11.0. The molecular weight excluding hydrogens is 439 g/mol. The van der Waals surface area contributed by atoms with Crippen molar-refractivity contribution in [3.8, 4) is 0 Å². The van der Waals surface area contributed by atoms with Gasteiger partial charge in [0.15, 0.2) is 0 Å². The summed E-state index contributed by atoms with van der Waals surface area (Å²) in [7, 11) is -0.522. The molecule has 1 N–H and O–H groups in total. The van der Waals surface area contributed by atoms with Crippen LogP contribution < -0.4 is 0 Å². The molecular formula is C24H56ClN6P. The maximum Gasteiger partial charge on any atom is 0.121 e. The number of nitrogens with one attached hydrogen (secondary N) is 1. The van der Waals surface area contributed by atoms with E-state index in [1.54, 1.807) is 4.91 Å². The Labute approximate surface area is 208 Å². The Morgan fingerprint density at radius 3 is 0.781 bits per heavy atom. The molecule has 0 aliphatic carbocycles. The van der Waals surface area contributed by atoms with Gasteiger partial charge in [-0.05, 0) is 90.5 Å². The van der Waals surface area contributed by atoms with Crippen LogP contribution in [0.25, 0.3) is 10.4 Å². The van der Waals surface area contributed by atoms with E-state index in [4.69, 9.17) is 11.1 Å². The fourth-order valence-electron chi connectivity index (χ4n) is 3.84. The first kappa shape index (κ1) is 36.5. The van der Waals surface area contributed by atoms with Gasteiger partial charge in [0.2, 0.25) is 0 Å². The third kappa shape index (κ3) is 10.9. The maximum absolute atomic E-state index is 6.86. The van der Waals surface area contributed by atoms with Crippen molar-refractivity contribution in [1.29, 1.82) is 5.53 Å². The van der Waals surface area contributed by atoms with Gasteiger partial charge in [-0.15, -0.1) is 17.9 Å². The van der Waals surface area contributed by atoms with Crippen molar-refractivity contribution in [2.75, 3.05) is 0 Å². The van der Waals surface area contributed by atoms with Gasteiger partial charge in [0.05, 0.1) is 0 Å². The van der Waals surface area contributed by atoms with Crippen molar-refractivity contribution in [3.05, 3.63) is 10.4 Å². The smallest absolute Gasteiger partial charge is 0.121 e. The van der Waals surface area contributed by atoms with Crippen LogP contribution in [0.5, 0.6) is 0 Å². The lowest BCUT2D eigenvalue weighted by Gasteiger charge is -2.55. The summed E-state index contributed by atoms with van der Waals surface area (Å²) in [6.07, 6.45) is 7.29. The summed E-state index contributed by atoms with van der Waals surface area (Å²) >= 11 is 0. The predicted molar refractivity (Wildman–Crippen MR) is 148 cm³/mol. The van der Waals surface area contributed by atoms with Gasteiger partial charge in [-0.2, -0.15) is 0 Å². The highest BCUT2D eigenvalue weighted by atomic mass is 35.5. The summed E-state index contributed by atoms with van der Waals surface area (Å²) in [5, 5.41) is 0. The van der Waals surface area contributed by atoms with Gasteiger partial charge in [0.25, 0.3) is 0 Å². The normalized spacial score (nSPS) is 18.0. The lowest BCUT2D eigenvalue weighted by molar-refractivity contribution is 0.163. The Morgan fingerprint density at radius 2 is 0.688 bits per heavy atom. The van der Waals surface area contributed by atoms with Gasteiger partial charge >= 0.3 is 0 Å². The van der Waals surface area contributed by atoms with E-state index in [9.17, 15) is 0 Å². The minimum absolute atomic E-state index is 0. The molecule has 0 aromatic heterocycles. The molecule has 32 heavy (non-hydrogen) atoms. The number of rotatable bonds is 15. The van der Waals surface area contributed by atoms with E-state index < -0.39 is 8.37 Å². The Balaban J connectivity index is -0.00000198. The molecule has 0 aromatic carbocycles. The molecule has 0 radical (unpaired) electrons. The van der Waals surface area contributed by atoms with Crippen molar-refractivity contribution in [2.24, 2.45) is 0 Å². The first-order valence-electron chi connectivity index (χ1n) is 12.7. The zero-order valence-corrected chi connectivity index (χ0v) is 25.0. The van der Waals surface area contributed by atoms with Crippen LogP contribution >= 0.6 is 20.8 Å². The van der Waals surface area contributed by atoms with Gasteiger partial charge in [0.1, 0.15) is 8.37 Å². The highest BCUT2D eigenvalue weighted by Gasteiger charge is 2.42. The number of nitrogens with zero attached hydrogens (tertiary/aromatic N) is 5. The topological polar surface area (TPSA) is 70.0 Å². The van der Waals surface area contributed by atoms with E-state index in [1.807, 2.05) is 0 Å². The van der Waals surface area contributed by atoms with Crippen LogP contribution in [0.3, 0.4) is 0 Å². The third-order valence-electron chi connectivity index (χ3n) is 6.87. The monoisotopic (exact) mass is 494 g/mol. The lowest BCUT2D eigenvalue weighted by atomic mass is 10.2. The van der Waals surface area contributed by atoms with Crippen molar-refractivity contribution < 1.29 is 0 Å². The van der Waals surface area contributed by atoms with Crippen molar-refractivity contribution in [1.82, 2.24) is 14.0 Å². The van der Waals surface area contributed by atoms with Crippen molar-refractivity contribution in [3.63, 3.8) is 0 Å². The highest BCUT2D eigenvalue weighted by molar-refractivity contribution is 7.50. The second kappa shape index (κ2) is 20.3. The summed E-state index contributed by atoms with van der Waals surface area (Å²) in [6.45, 7) is 28.9. The zero-order valence-electron chi connectivity index (χ0n) is 23.3. The Kier molecular flexibility index (Phi) is 23.1. The van der Waals surface area contributed by atoms with Gasteiger partial charge in [-0.1, -0.05) is 41.5 Å². The first-order chi connectivity index (χ1) is 14.6. The first-order valence-corrected chi connectivity index (χ1v) is 13.9. The highest BCUT2D eigenvalue weighted by Crippen LogP contribution is 2.56. The summed E-state index contributed by atoms with van der Waals surface area (Å²) in [5.74, 6) is 0. The lowest BCUT2D eigenvalue weighted by Crippen LogP contribution is -2.53. The Hall–Kier alpha value is -0.0900. The largest absolute Gasteiger partial charge is 0.252 e. The quantitative estimate of drug-likeness (QED) is 0.107. The van der Waals surface area contributed by atoms with E-state index in [-0.39, 0.29) is 12.4 Å². The van der Waals surface area contributed by atoms with Gasteiger partial charge in [-0.3, -0.25) is 14.0 Å². The average Bonchev–Trinajstić information content (AvgIpc) is 2.78. The van der Waals surface area contributed by atoms with Crippen LogP contribution in [0.2, 0.25) is 0 Å². The summed E-state index contributed by atoms with van der Waals surface area (Å²) in [4.78, 5) is 1.75. The van der Waals surface area contributed by atoms with Crippen LogP contribution in [0.4, 0.5) is 0 Å². The molecule has 0 fully saturated rings. The van der Waals surface area contributed by atoms with Gasteiger partial charge in [-0.25, -0.2) is 0 Å². The number of hydrogen-bond acceptors (Lipinski definition) is 4. The Bertz CT molecular complexity index is 390. The van der Waals surface area contributed by atoms with Crippen LogP contribution in [-0.2, 0) is 0 Å². The van der Waals surface area contributed by atoms with Crippen LogP contribution in [0.15, 0.2) is 0 Å². The number of hydrogen-bond donors (Lipinski definition) is 1. The molecule has 0 spiro atoms. The standard InChI is InChI=1S/C24H54N3P.ClH.HN3/c1-13-19(7)25(20(8)14-2)28(26(21(9)15-3)22(10)16-4)27(23(11)17-5)24(12)18-6;;1-3-2/h19-24H,13-18H2,1-12H3;1H;1H. The zero-order chi connectivity index (χ0) is 24.7. The summed E-state index contributed by atoms with van der Waals surface area (Å²) in [5.41, 5.74) is 12.2. The van der Waals surface area contributed by atoms with Gasteiger partial charge in [0, 0.05) is 36.3 Å². The molecule has 0 aliphatic heterocycles. The fraction of sp³-hybridized carbons (Fsp3) is 1.00. The van der Waals surface area contributed by atoms with E-state index in [0.29, 0.717) is 36.3 Å². The summed E-state index contributed by atoms with van der Waals surface area (Å²) < 4.78 is 8.77. The van der Waals surface area contributed by atoms with Crippen LogP contribution in [0.1, 0.15) is 122 Å². The molecule has 6 nitrogen and oxygen atoms in total. The summed E-state index contributed by atoms with van der Waals surface area (Å²) in [6, 6.07) is 3.62. The molecule has 0 rings (SSSR count). The molecule has 6 atom stereocenters. The fourth-order valence-corrected chi connectivity index (χ4v) is 7.65. The van der Waals surface area contributed by atoms with E-state index in [1.165, 1.54) is 38.5 Å². The van der Waals surface area contributed by atoms with Crippen LogP contribution in [0, 0.1) is 5.53 Å². The molecule has 194 valence electrons. The minimum Gasteiger partial charge on any atom is -0.252 e. The van der Waals surface area contributed by atoms with E-state index in [0.717, 1.165) is 0 Å². The average molecular weight is 495 g/mol. The maximum atomic E-state index is 6.86. The van der Waals surface area contributed by atoms with Crippen LogP contribution in [-0.4, -0.2) is 50.3 Å². The molecule has 6 unspecified atom stereocenters. The molecule has 0 saturated carbocycles. The Morgan fingerprint density at radius 1 is 0.562 bits per heavy atom. The molecule has 0 amide bonds. The molecule has 8 heteroatoms. The predicted octanol–water partition coefficient (Wildman–Crippen LogP) is 9.21. The molecule has 0 aromatic rings. The molecule has 0 bridgehead atoms. The SMILES string of the molecule is CCC(C)N(C(C)CC)P(N(C(C)CC)C(C)CC)N(C(C)CC)C(C)CC.Cl.[N-]=[N+]=N. The van der Waals surface area contributed by atoms with Crippen molar-refractivity contribution >= 4 is 20.8 Å². The molecule has 0 aliphatic rings. The minimum atomic E-state index is -0.522. The van der Waals surface area contributed by atoms with E-state index in [2.05, 4.69) is 97.1 Å². The number of halogens is 1. The second-order valence-electron chi connectivity index (χ2n) is 9.05. The van der Waals surface area contributed by atoms with E-state index >= 15 is 0 Å².